The molecule has 0 aliphatic rings. The molecule has 0 aliphatic carbocycles. The summed E-state index contributed by atoms with van der Waals surface area (Å²) < 4.78 is 4.81. The van der Waals surface area contributed by atoms with Gasteiger partial charge in [-0.25, -0.2) is 9.69 Å². The smallest absolute Gasteiger partial charge is 0.416 e. The fourth-order valence-corrected chi connectivity index (χ4v) is 4.89. The van der Waals surface area contributed by atoms with E-state index in [4.69, 9.17) is 16.5 Å². The van der Waals surface area contributed by atoms with Crippen molar-refractivity contribution in [3.8, 4) is 0 Å². The number of ether oxygens (including phenoxy) is 1. The first-order chi connectivity index (χ1) is 7.87. The summed E-state index contributed by atoms with van der Waals surface area (Å²) in [7, 11) is 1.42. The molecule has 0 aromatic rings. The zero-order chi connectivity index (χ0) is 13.6. The van der Waals surface area contributed by atoms with E-state index in [-0.39, 0.29) is 12.5 Å². The number of imide groups is 1. The Morgan fingerprint density at radius 3 is 2.12 bits per heavy atom. The Kier molecular flexibility index (Phi) is 7.37. The van der Waals surface area contributed by atoms with E-state index in [1.165, 1.54) is 7.05 Å². The average Bonchev–Trinajstić information content (AvgIpc) is 2.30. The maximum absolute atomic E-state index is 12.3. The van der Waals surface area contributed by atoms with E-state index in [2.05, 4.69) is 12.2 Å². The average molecular weight is 297 g/mol. The number of nitrogens with zero attached hydrogens (tertiary/aromatic N) is 1. The van der Waals surface area contributed by atoms with E-state index < -0.39 is 17.1 Å². The number of rotatable bonds is 5. The fraction of sp³-hybridized carbons (Fsp3) is 0.800. The second kappa shape index (κ2) is 7.39. The molecule has 0 aromatic heterocycles. The normalized spacial score (nSPS) is 13.0. The quantitative estimate of drug-likeness (QED) is 0.626. The molecule has 100 valence electrons. The SMILES string of the molecule is CCOC(=O)N(C)C(=O)C(CC)(CC)[PH](=S)S. The first kappa shape index (κ1) is 16.9. The summed E-state index contributed by atoms with van der Waals surface area (Å²) in [6.45, 7) is 5.74. The van der Waals surface area contributed by atoms with Gasteiger partial charge in [0.2, 0.25) is 5.91 Å². The van der Waals surface area contributed by atoms with Gasteiger partial charge in [-0.15, -0.1) is 12.2 Å². The van der Waals surface area contributed by atoms with Crippen molar-refractivity contribution < 1.29 is 14.3 Å². The van der Waals surface area contributed by atoms with Crippen molar-refractivity contribution in [1.82, 2.24) is 4.90 Å². The molecule has 0 N–H and O–H groups in total. The van der Waals surface area contributed by atoms with Crippen LogP contribution in [0.5, 0.6) is 0 Å². The maximum Gasteiger partial charge on any atom is 0.416 e. The molecule has 0 heterocycles. The van der Waals surface area contributed by atoms with Crippen LogP contribution in [-0.4, -0.2) is 35.7 Å². The van der Waals surface area contributed by atoms with E-state index in [1.54, 1.807) is 6.92 Å². The highest BCUT2D eigenvalue weighted by atomic mass is 32.9. The monoisotopic (exact) mass is 297 g/mol. The molecule has 0 radical (unpaired) electrons. The first-order valence-electron chi connectivity index (χ1n) is 5.55. The second-order valence-electron chi connectivity index (χ2n) is 3.66. The van der Waals surface area contributed by atoms with Gasteiger partial charge >= 0.3 is 6.09 Å². The van der Waals surface area contributed by atoms with E-state index in [0.717, 1.165) is 4.90 Å². The Balaban J connectivity index is 5.10. The predicted molar refractivity (Wildman–Crippen MR) is 77.8 cm³/mol. The Morgan fingerprint density at radius 2 is 1.82 bits per heavy atom. The van der Waals surface area contributed by atoms with E-state index in [9.17, 15) is 9.59 Å². The molecule has 2 amide bonds. The molecule has 0 saturated heterocycles. The number of carbonyl (C=O) groups is 2. The van der Waals surface area contributed by atoms with Crippen molar-refractivity contribution in [2.75, 3.05) is 13.7 Å². The van der Waals surface area contributed by atoms with Crippen LogP contribution in [0.3, 0.4) is 0 Å². The minimum Gasteiger partial charge on any atom is -0.449 e. The molecule has 7 heteroatoms. The topological polar surface area (TPSA) is 46.6 Å². The molecule has 4 nitrogen and oxygen atoms in total. The maximum atomic E-state index is 12.3. The van der Waals surface area contributed by atoms with Gasteiger partial charge in [-0.3, -0.25) is 4.79 Å². The molecule has 1 atom stereocenters. The molecule has 1 unspecified atom stereocenters. The Morgan fingerprint density at radius 1 is 1.35 bits per heavy atom. The van der Waals surface area contributed by atoms with Crippen LogP contribution in [0.2, 0.25) is 0 Å². The van der Waals surface area contributed by atoms with Crippen molar-refractivity contribution in [2.45, 2.75) is 38.8 Å². The predicted octanol–water partition coefficient (Wildman–Crippen LogP) is 2.68. The summed E-state index contributed by atoms with van der Waals surface area (Å²) in [5.41, 5.74) is 0. The van der Waals surface area contributed by atoms with Crippen LogP contribution in [-0.2, 0) is 21.3 Å². The Labute approximate surface area is 114 Å². The molecule has 0 bridgehead atoms. The van der Waals surface area contributed by atoms with Gasteiger partial charge in [-0.1, -0.05) is 25.7 Å². The van der Waals surface area contributed by atoms with Crippen LogP contribution in [0.25, 0.3) is 0 Å². The van der Waals surface area contributed by atoms with Crippen LogP contribution >= 0.6 is 18.1 Å². The standard InChI is InChI=1S/C10H20NO3PS2/c1-5-10(6-2,15(16)17)8(12)11(4)9(13)14-7-3/h15H,5-7H2,1-4H3,(H,16,17). The lowest BCUT2D eigenvalue weighted by atomic mass is 10.0. The van der Waals surface area contributed by atoms with Crippen LogP contribution < -0.4 is 0 Å². The minimum atomic E-state index is -1.55. The van der Waals surface area contributed by atoms with Crippen LogP contribution in [0.15, 0.2) is 0 Å². The Bertz CT molecular complexity index is 319. The lowest BCUT2D eigenvalue weighted by molar-refractivity contribution is -0.131. The van der Waals surface area contributed by atoms with Crippen LogP contribution in [0.1, 0.15) is 33.6 Å². The van der Waals surface area contributed by atoms with Gasteiger partial charge < -0.3 is 4.74 Å². The largest absolute Gasteiger partial charge is 0.449 e. The minimum absolute atomic E-state index is 0.244. The van der Waals surface area contributed by atoms with Crippen molar-refractivity contribution in [3.05, 3.63) is 0 Å². The lowest BCUT2D eigenvalue weighted by Gasteiger charge is -2.32. The number of thiol groups is 1. The van der Waals surface area contributed by atoms with Crippen LogP contribution in [0.4, 0.5) is 4.79 Å². The molecule has 0 rings (SSSR count). The summed E-state index contributed by atoms with van der Waals surface area (Å²) in [6, 6.07) is 0. The number of hydrogen-bond acceptors (Lipinski definition) is 4. The number of carbonyl (C=O) groups excluding carboxylic acids is 2. The highest BCUT2D eigenvalue weighted by Gasteiger charge is 2.41. The second-order valence-corrected chi connectivity index (χ2v) is 8.70. The highest BCUT2D eigenvalue weighted by Crippen LogP contribution is 2.49. The van der Waals surface area contributed by atoms with Crippen molar-refractivity contribution in [3.63, 3.8) is 0 Å². The molecule has 0 saturated carbocycles. The van der Waals surface area contributed by atoms with Gasteiger partial charge in [-0.05, 0) is 19.8 Å². The van der Waals surface area contributed by atoms with Crippen molar-refractivity contribution in [2.24, 2.45) is 0 Å². The summed E-state index contributed by atoms with van der Waals surface area (Å²) >= 11 is 9.53. The molecule has 0 aliphatic heterocycles. The Hall–Kier alpha value is -0.0600. The summed E-state index contributed by atoms with van der Waals surface area (Å²) in [5.74, 6) is -1.82. The zero-order valence-electron chi connectivity index (χ0n) is 10.6. The zero-order valence-corrected chi connectivity index (χ0v) is 13.4. The molecular weight excluding hydrogens is 277 g/mol. The third kappa shape index (κ3) is 3.70. The number of hydrogen-bond donors (Lipinski definition) is 1. The molecule has 0 aromatic carbocycles. The van der Waals surface area contributed by atoms with E-state index in [0.29, 0.717) is 12.8 Å². The summed E-state index contributed by atoms with van der Waals surface area (Å²) in [6.07, 6.45) is 0.552. The fourth-order valence-electron chi connectivity index (χ4n) is 1.57. The third-order valence-corrected chi connectivity index (χ3v) is 7.07. The van der Waals surface area contributed by atoms with Crippen molar-refractivity contribution >= 4 is 42.0 Å². The van der Waals surface area contributed by atoms with Gasteiger partial charge in [0.05, 0.1) is 11.8 Å². The van der Waals surface area contributed by atoms with Gasteiger partial charge in [-0.2, -0.15) is 0 Å². The third-order valence-electron chi connectivity index (χ3n) is 2.87. The van der Waals surface area contributed by atoms with Crippen molar-refractivity contribution in [1.29, 1.82) is 0 Å². The summed E-state index contributed by atoms with van der Waals surface area (Å²) in [4.78, 5) is 24.9. The van der Waals surface area contributed by atoms with E-state index >= 15 is 0 Å². The molecular formula is C10H20NO3PS2. The van der Waals surface area contributed by atoms with E-state index in [1.807, 2.05) is 13.8 Å². The van der Waals surface area contributed by atoms with Gasteiger partial charge in [0.25, 0.3) is 0 Å². The first-order valence-corrected chi connectivity index (χ1v) is 9.47. The van der Waals surface area contributed by atoms with Crippen LogP contribution in [0, 0.1) is 0 Å². The highest BCUT2D eigenvalue weighted by molar-refractivity contribution is 8.56. The molecule has 17 heavy (non-hydrogen) atoms. The van der Waals surface area contributed by atoms with Gasteiger partial charge in [0, 0.05) is 12.9 Å². The number of amides is 2. The molecule has 0 spiro atoms. The van der Waals surface area contributed by atoms with Gasteiger partial charge in [0.15, 0.2) is 0 Å². The lowest BCUT2D eigenvalue weighted by Crippen LogP contribution is -2.46. The summed E-state index contributed by atoms with van der Waals surface area (Å²) in [5, 5.41) is -0.690. The van der Waals surface area contributed by atoms with Gasteiger partial charge in [0.1, 0.15) is 0 Å². The molecule has 0 fully saturated rings.